The lowest BCUT2D eigenvalue weighted by molar-refractivity contribution is 0.347. The Kier molecular flexibility index (Phi) is 4.23. The number of hydrogen-bond donors (Lipinski definition) is 1. The van der Waals surface area contributed by atoms with Crippen LogP contribution in [0.25, 0.3) is 11.0 Å². The molecular weight excluding hydrogens is 282 g/mol. The van der Waals surface area contributed by atoms with Crippen LogP contribution in [0.5, 0.6) is 0 Å². The molecule has 1 aliphatic rings. The lowest BCUT2D eigenvalue weighted by atomic mass is 9.79. The fourth-order valence-electron chi connectivity index (χ4n) is 3.78. The normalized spacial score (nSPS) is 18.8. The molecule has 1 heterocycles. The molecule has 1 fully saturated rings. The predicted octanol–water partition coefficient (Wildman–Crippen LogP) is 4.26. The summed E-state index contributed by atoms with van der Waals surface area (Å²) in [6.45, 7) is 3.72. The summed E-state index contributed by atoms with van der Waals surface area (Å²) in [6, 6.07) is 5.98. The van der Waals surface area contributed by atoms with Crippen molar-refractivity contribution in [2.24, 2.45) is 5.73 Å². The number of benzene rings is 1. The van der Waals surface area contributed by atoms with Crippen LogP contribution in [0.15, 0.2) is 18.2 Å². The zero-order valence-corrected chi connectivity index (χ0v) is 13.5. The van der Waals surface area contributed by atoms with Gasteiger partial charge < -0.3 is 10.3 Å². The molecule has 1 saturated carbocycles. The monoisotopic (exact) mass is 305 g/mol. The fourth-order valence-corrected chi connectivity index (χ4v) is 4.05. The van der Waals surface area contributed by atoms with Crippen LogP contribution in [0.1, 0.15) is 51.3 Å². The maximum absolute atomic E-state index is 6.42. The Morgan fingerprint density at radius 1 is 1.24 bits per heavy atom. The van der Waals surface area contributed by atoms with Gasteiger partial charge in [-0.2, -0.15) is 0 Å². The zero-order chi connectivity index (χ0) is 14.9. The highest BCUT2D eigenvalue weighted by molar-refractivity contribution is 6.35. The second-order valence-corrected chi connectivity index (χ2v) is 6.59. The summed E-state index contributed by atoms with van der Waals surface area (Å²) in [7, 11) is 0. The van der Waals surface area contributed by atoms with Gasteiger partial charge in [-0.05, 0) is 31.9 Å². The molecule has 0 spiro atoms. The van der Waals surface area contributed by atoms with E-state index in [1.165, 1.54) is 25.7 Å². The Balaban J connectivity index is 2.20. The van der Waals surface area contributed by atoms with Crippen molar-refractivity contribution in [2.45, 2.75) is 57.4 Å². The van der Waals surface area contributed by atoms with E-state index in [9.17, 15) is 0 Å². The molecule has 0 atom stereocenters. The van der Waals surface area contributed by atoms with Crippen LogP contribution in [0, 0.1) is 0 Å². The maximum atomic E-state index is 6.42. The first kappa shape index (κ1) is 14.9. The largest absolute Gasteiger partial charge is 0.329 e. The van der Waals surface area contributed by atoms with Crippen molar-refractivity contribution in [3.63, 3.8) is 0 Å². The minimum Gasteiger partial charge on any atom is -0.329 e. The molecule has 0 aliphatic heterocycles. The summed E-state index contributed by atoms with van der Waals surface area (Å²) >= 11 is 6.42. The molecule has 114 valence electrons. The fraction of sp³-hybridized carbons (Fsp3) is 0.588. The number of para-hydroxylation sites is 1. The van der Waals surface area contributed by atoms with Gasteiger partial charge in [0.05, 0.1) is 16.1 Å². The van der Waals surface area contributed by atoms with Gasteiger partial charge in [-0.3, -0.25) is 0 Å². The van der Waals surface area contributed by atoms with Gasteiger partial charge in [-0.15, -0.1) is 0 Å². The highest BCUT2D eigenvalue weighted by Gasteiger charge is 2.36. The molecule has 0 unspecified atom stereocenters. The number of aromatic nitrogens is 2. The molecular formula is C17H24ClN3. The van der Waals surface area contributed by atoms with Gasteiger partial charge in [-0.1, -0.05) is 43.4 Å². The molecule has 21 heavy (non-hydrogen) atoms. The van der Waals surface area contributed by atoms with Crippen LogP contribution >= 0.6 is 11.6 Å². The van der Waals surface area contributed by atoms with E-state index in [-0.39, 0.29) is 5.41 Å². The Labute approximate surface area is 131 Å². The molecule has 3 nitrogen and oxygen atoms in total. The third kappa shape index (κ3) is 2.47. The van der Waals surface area contributed by atoms with Crippen molar-refractivity contribution in [2.75, 3.05) is 6.54 Å². The number of nitrogens with two attached hydrogens (primary N) is 1. The van der Waals surface area contributed by atoms with Crippen LogP contribution in [-0.2, 0) is 12.0 Å². The van der Waals surface area contributed by atoms with Gasteiger partial charge in [0, 0.05) is 18.5 Å². The minimum atomic E-state index is 0.0227. The Hall–Kier alpha value is -1.06. The van der Waals surface area contributed by atoms with Crippen LogP contribution in [0.2, 0.25) is 5.02 Å². The quantitative estimate of drug-likeness (QED) is 0.861. The van der Waals surface area contributed by atoms with Crippen molar-refractivity contribution in [1.82, 2.24) is 9.55 Å². The first-order valence-corrected chi connectivity index (χ1v) is 8.45. The molecule has 2 aromatic rings. The third-order valence-corrected chi connectivity index (χ3v) is 5.26. The highest BCUT2D eigenvalue weighted by atomic mass is 35.5. The van der Waals surface area contributed by atoms with E-state index in [1.807, 2.05) is 12.1 Å². The molecule has 0 radical (unpaired) electrons. The van der Waals surface area contributed by atoms with E-state index in [4.69, 9.17) is 22.3 Å². The topological polar surface area (TPSA) is 43.8 Å². The van der Waals surface area contributed by atoms with E-state index in [1.54, 1.807) is 0 Å². The van der Waals surface area contributed by atoms with Gasteiger partial charge in [0.1, 0.15) is 5.82 Å². The SMILES string of the molecule is CCn1c(C2(CN)CCCCCC2)nc2cccc(Cl)c21. The van der Waals surface area contributed by atoms with Crippen LogP contribution in [-0.4, -0.2) is 16.1 Å². The average molecular weight is 306 g/mol. The molecule has 1 aromatic heterocycles. The smallest absolute Gasteiger partial charge is 0.117 e. The van der Waals surface area contributed by atoms with Crippen molar-refractivity contribution in [1.29, 1.82) is 0 Å². The number of hydrogen-bond acceptors (Lipinski definition) is 2. The zero-order valence-electron chi connectivity index (χ0n) is 12.7. The Bertz CT molecular complexity index is 624. The summed E-state index contributed by atoms with van der Waals surface area (Å²) in [4.78, 5) is 4.95. The number of rotatable bonds is 3. The van der Waals surface area contributed by atoms with E-state index in [0.717, 1.165) is 41.3 Å². The van der Waals surface area contributed by atoms with Gasteiger partial charge in [0.15, 0.2) is 0 Å². The lowest BCUT2D eigenvalue weighted by Crippen LogP contribution is -2.37. The Morgan fingerprint density at radius 2 is 1.95 bits per heavy atom. The molecule has 0 bridgehead atoms. The minimum absolute atomic E-state index is 0.0227. The molecule has 4 heteroatoms. The first-order chi connectivity index (χ1) is 10.2. The average Bonchev–Trinajstić information content (AvgIpc) is 2.73. The van der Waals surface area contributed by atoms with E-state index >= 15 is 0 Å². The van der Waals surface area contributed by atoms with Crippen LogP contribution in [0.3, 0.4) is 0 Å². The third-order valence-electron chi connectivity index (χ3n) is 4.96. The molecule has 1 aromatic carbocycles. The Morgan fingerprint density at radius 3 is 2.57 bits per heavy atom. The molecule has 3 rings (SSSR count). The number of aryl methyl sites for hydroxylation is 1. The van der Waals surface area contributed by atoms with Gasteiger partial charge in [0.2, 0.25) is 0 Å². The van der Waals surface area contributed by atoms with Crippen molar-refractivity contribution < 1.29 is 0 Å². The maximum Gasteiger partial charge on any atom is 0.117 e. The van der Waals surface area contributed by atoms with Crippen molar-refractivity contribution in [3.8, 4) is 0 Å². The van der Waals surface area contributed by atoms with E-state index < -0.39 is 0 Å². The molecule has 2 N–H and O–H groups in total. The van der Waals surface area contributed by atoms with Crippen LogP contribution in [0.4, 0.5) is 0 Å². The lowest BCUT2D eigenvalue weighted by Gasteiger charge is -2.31. The molecule has 0 amide bonds. The van der Waals surface area contributed by atoms with Gasteiger partial charge in [0.25, 0.3) is 0 Å². The molecule has 0 saturated heterocycles. The molecule has 1 aliphatic carbocycles. The van der Waals surface area contributed by atoms with Crippen LogP contribution < -0.4 is 5.73 Å². The van der Waals surface area contributed by atoms with Gasteiger partial charge in [-0.25, -0.2) is 4.98 Å². The van der Waals surface area contributed by atoms with Gasteiger partial charge >= 0.3 is 0 Å². The number of fused-ring (bicyclic) bond motifs is 1. The van der Waals surface area contributed by atoms with Crippen molar-refractivity contribution >= 4 is 22.6 Å². The van der Waals surface area contributed by atoms with Crippen molar-refractivity contribution in [3.05, 3.63) is 29.0 Å². The summed E-state index contributed by atoms with van der Waals surface area (Å²) in [5.41, 5.74) is 8.32. The standard InChI is InChI=1S/C17H24ClN3/c1-2-21-15-13(18)8-7-9-14(15)20-16(21)17(12-19)10-5-3-4-6-11-17/h7-9H,2-6,10-12,19H2,1H3. The number of nitrogens with zero attached hydrogens (tertiary/aromatic N) is 2. The highest BCUT2D eigenvalue weighted by Crippen LogP contribution is 2.39. The first-order valence-electron chi connectivity index (χ1n) is 8.07. The second kappa shape index (κ2) is 5.98. The number of imidazole rings is 1. The summed E-state index contributed by atoms with van der Waals surface area (Å²) in [5, 5.41) is 0.786. The summed E-state index contributed by atoms with van der Waals surface area (Å²) in [5.74, 6) is 1.15. The summed E-state index contributed by atoms with van der Waals surface area (Å²) in [6.07, 6.45) is 7.41. The predicted molar refractivity (Wildman–Crippen MR) is 88.9 cm³/mol. The van der Waals surface area contributed by atoms with E-state index in [0.29, 0.717) is 6.54 Å². The summed E-state index contributed by atoms with van der Waals surface area (Å²) < 4.78 is 2.29. The number of halogens is 1. The van der Waals surface area contributed by atoms with E-state index in [2.05, 4.69) is 17.6 Å². The second-order valence-electron chi connectivity index (χ2n) is 6.19.